The van der Waals surface area contributed by atoms with Gasteiger partial charge >= 0.3 is 5.97 Å². The van der Waals surface area contributed by atoms with Crippen molar-refractivity contribution in [3.8, 4) is 0 Å². The molecular weight excluding hydrogens is 352 g/mol. The quantitative estimate of drug-likeness (QED) is 0.216. The van der Waals surface area contributed by atoms with Crippen LogP contribution in [0.4, 0.5) is 0 Å². The molecule has 0 radical (unpaired) electrons. The number of carbonyl (C=O) groups is 1. The van der Waals surface area contributed by atoms with Gasteiger partial charge in [0.2, 0.25) is 0 Å². The molecule has 0 saturated heterocycles. The minimum absolute atomic E-state index is 0.139. The normalized spacial score (nSPS) is 14.9. The second kappa shape index (κ2) is 11.7. The van der Waals surface area contributed by atoms with Crippen LogP contribution >= 0.6 is 0 Å². The predicted molar refractivity (Wildman–Crippen MR) is 119 cm³/mol. The van der Waals surface area contributed by atoms with Gasteiger partial charge in [-0.15, -0.1) is 0 Å². The SMILES string of the molecule is C=C(C)C(CC/C(C)=C/CC/C(C)=C\COC(C)=O)O[Si](C)(C)C(C)(C)C. The third kappa shape index (κ3) is 11.3. The number of allylic oxidation sites excluding steroid dienone is 3. The zero-order chi connectivity index (χ0) is 21.3. The standard InChI is InChI=1S/C23H42O3Si/c1-18(2)22(26-27(9,10)23(6,7)8)15-14-19(3)12-11-13-20(4)16-17-25-21(5)24/h12,16,22H,1,11,13-15,17H2,2-10H3/b19-12+,20-16-. The molecule has 1 unspecified atom stereocenters. The van der Waals surface area contributed by atoms with E-state index in [4.69, 9.17) is 9.16 Å². The number of rotatable bonds is 11. The van der Waals surface area contributed by atoms with Gasteiger partial charge in [-0.3, -0.25) is 4.79 Å². The van der Waals surface area contributed by atoms with E-state index in [-0.39, 0.29) is 17.1 Å². The first-order valence-corrected chi connectivity index (χ1v) is 12.9. The molecule has 0 spiro atoms. The fraction of sp³-hybridized carbons (Fsp3) is 0.696. The fourth-order valence-electron chi connectivity index (χ4n) is 2.35. The maximum Gasteiger partial charge on any atom is 0.302 e. The monoisotopic (exact) mass is 394 g/mol. The second-order valence-corrected chi connectivity index (χ2v) is 14.0. The van der Waals surface area contributed by atoms with Crippen LogP contribution in [0.1, 0.15) is 74.1 Å². The van der Waals surface area contributed by atoms with Crippen molar-refractivity contribution in [2.45, 2.75) is 98.4 Å². The van der Waals surface area contributed by atoms with Crippen LogP contribution in [0.25, 0.3) is 0 Å². The number of hydrogen-bond acceptors (Lipinski definition) is 3. The van der Waals surface area contributed by atoms with Crippen LogP contribution in [-0.4, -0.2) is 27.0 Å². The molecule has 0 saturated carbocycles. The highest BCUT2D eigenvalue weighted by molar-refractivity contribution is 6.74. The Labute approximate surface area is 169 Å². The van der Waals surface area contributed by atoms with E-state index in [9.17, 15) is 4.79 Å². The molecule has 0 aliphatic carbocycles. The van der Waals surface area contributed by atoms with E-state index in [1.807, 2.05) is 6.08 Å². The lowest BCUT2D eigenvalue weighted by molar-refractivity contribution is -0.139. The first-order valence-electron chi connectivity index (χ1n) is 10.0. The molecule has 0 aliphatic heterocycles. The third-order valence-electron chi connectivity index (χ3n) is 5.34. The Bertz CT molecular complexity index is 550. The first kappa shape index (κ1) is 25.9. The van der Waals surface area contributed by atoms with Gasteiger partial charge in [0.1, 0.15) is 6.61 Å². The molecule has 0 aliphatic rings. The van der Waals surface area contributed by atoms with Gasteiger partial charge in [0.05, 0.1) is 6.10 Å². The second-order valence-electron chi connectivity index (χ2n) is 9.19. The average molecular weight is 395 g/mol. The molecule has 0 fully saturated rings. The Hall–Kier alpha value is -1.13. The van der Waals surface area contributed by atoms with Crippen molar-refractivity contribution in [2.75, 3.05) is 6.61 Å². The zero-order valence-electron chi connectivity index (χ0n) is 19.2. The van der Waals surface area contributed by atoms with Crippen LogP contribution in [0.3, 0.4) is 0 Å². The first-order chi connectivity index (χ1) is 12.3. The van der Waals surface area contributed by atoms with Crippen molar-refractivity contribution in [1.82, 2.24) is 0 Å². The van der Waals surface area contributed by atoms with Gasteiger partial charge in [-0.1, -0.05) is 50.1 Å². The van der Waals surface area contributed by atoms with Gasteiger partial charge in [0.25, 0.3) is 0 Å². The molecule has 0 aromatic rings. The molecule has 3 nitrogen and oxygen atoms in total. The predicted octanol–water partition coefficient (Wildman–Crippen LogP) is 6.97. The molecule has 0 amide bonds. The van der Waals surface area contributed by atoms with Gasteiger partial charge in [-0.2, -0.15) is 0 Å². The summed E-state index contributed by atoms with van der Waals surface area (Å²) in [4.78, 5) is 10.8. The maximum absolute atomic E-state index is 10.8. The molecule has 0 aromatic heterocycles. The Kier molecular flexibility index (Phi) is 11.2. The van der Waals surface area contributed by atoms with Crippen LogP contribution in [0.15, 0.2) is 35.5 Å². The van der Waals surface area contributed by atoms with E-state index in [1.54, 1.807) is 0 Å². The van der Waals surface area contributed by atoms with Crippen molar-refractivity contribution in [1.29, 1.82) is 0 Å². The summed E-state index contributed by atoms with van der Waals surface area (Å²) < 4.78 is 11.5. The number of esters is 1. The van der Waals surface area contributed by atoms with Crippen LogP contribution in [0.5, 0.6) is 0 Å². The number of carbonyl (C=O) groups excluding carboxylic acids is 1. The van der Waals surface area contributed by atoms with Crippen molar-refractivity contribution >= 4 is 14.3 Å². The zero-order valence-corrected chi connectivity index (χ0v) is 20.2. The summed E-state index contributed by atoms with van der Waals surface area (Å²) in [7, 11) is -1.79. The number of hydrogen-bond donors (Lipinski definition) is 0. The van der Waals surface area contributed by atoms with Crippen LogP contribution in [0, 0.1) is 0 Å². The molecule has 0 heterocycles. The third-order valence-corrected chi connectivity index (χ3v) is 9.83. The van der Waals surface area contributed by atoms with Crippen LogP contribution < -0.4 is 0 Å². The minimum atomic E-state index is -1.79. The van der Waals surface area contributed by atoms with Gasteiger partial charge in [0.15, 0.2) is 8.32 Å². The Balaban J connectivity index is 4.53. The lowest BCUT2D eigenvalue weighted by Crippen LogP contribution is -2.44. The largest absolute Gasteiger partial charge is 0.462 e. The average Bonchev–Trinajstić information content (AvgIpc) is 2.49. The summed E-state index contributed by atoms with van der Waals surface area (Å²) in [5, 5.41) is 0.210. The van der Waals surface area contributed by atoms with E-state index >= 15 is 0 Å². The molecule has 4 heteroatoms. The topological polar surface area (TPSA) is 35.5 Å². The Morgan fingerprint density at radius 1 is 1.04 bits per heavy atom. The fourth-order valence-corrected chi connectivity index (χ4v) is 3.73. The molecule has 0 N–H and O–H groups in total. The Morgan fingerprint density at radius 3 is 2.07 bits per heavy atom. The summed E-state index contributed by atoms with van der Waals surface area (Å²) in [6, 6.07) is 0. The molecule has 156 valence electrons. The number of ether oxygens (including phenoxy) is 1. The van der Waals surface area contributed by atoms with E-state index < -0.39 is 8.32 Å². The van der Waals surface area contributed by atoms with Crippen molar-refractivity contribution in [2.24, 2.45) is 0 Å². The summed E-state index contributed by atoms with van der Waals surface area (Å²) >= 11 is 0. The molecular formula is C23H42O3Si. The van der Waals surface area contributed by atoms with E-state index in [2.05, 4.69) is 67.3 Å². The molecule has 0 aromatic carbocycles. The summed E-state index contributed by atoms with van der Waals surface area (Å²) in [5.41, 5.74) is 3.77. The summed E-state index contributed by atoms with van der Waals surface area (Å²) in [6.45, 7) is 23.7. The van der Waals surface area contributed by atoms with E-state index in [1.165, 1.54) is 18.1 Å². The molecule has 27 heavy (non-hydrogen) atoms. The molecule has 0 bridgehead atoms. The highest BCUT2D eigenvalue weighted by Crippen LogP contribution is 2.38. The van der Waals surface area contributed by atoms with Gasteiger partial charge < -0.3 is 9.16 Å². The summed E-state index contributed by atoms with van der Waals surface area (Å²) in [5.74, 6) is -0.234. The van der Waals surface area contributed by atoms with Crippen molar-refractivity contribution in [3.05, 3.63) is 35.5 Å². The Morgan fingerprint density at radius 2 is 1.59 bits per heavy atom. The van der Waals surface area contributed by atoms with Crippen molar-refractivity contribution in [3.63, 3.8) is 0 Å². The maximum atomic E-state index is 10.8. The van der Waals surface area contributed by atoms with E-state index in [0.29, 0.717) is 6.61 Å². The minimum Gasteiger partial charge on any atom is -0.462 e. The van der Waals surface area contributed by atoms with Crippen molar-refractivity contribution < 1.29 is 14.0 Å². The van der Waals surface area contributed by atoms with Crippen LogP contribution in [-0.2, 0) is 14.0 Å². The lowest BCUT2D eigenvalue weighted by atomic mass is 10.0. The summed E-state index contributed by atoms with van der Waals surface area (Å²) in [6.07, 6.45) is 8.45. The van der Waals surface area contributed by atoms with Gasteiger partial charge in [-0.05, 0) is 70.7 Å². The highest BCUT2D eigenvalue weighted by atomic mass is 28.4. The van der Waals surface area contributed by atoms with Crippen LogP contribution in [0.2, 0.25) is 18.1 Å². The molecule has 0 rings (SSSR count). The lowest BCUT2D eigenvalue weighted by Gasteiger charge is -2.39. The molecule has 1 atom stereocenters. The van der Waals surface area contributed by atoms with Gasteiger partial charge in [0, 0.05) is 6.92 Å². The van der Waals surface area contributed by atoms with Gasteiger partial charge in [-0.25, -0.2) is 0 Å². The smallest absolute Gasteiger partial charge is 0.302 e. The van der Waals surface area contributed by atoms with E-state index in [0.717, 1.165) is 31.3 Å². The highest BCUT2D eigenvalue weighted by Gasteiger charge is 2.39.